The minimum absolute atomic E-state index is 0.229. The third-order valence-electron chi connectivity index (χ3n) is 4.14. The second-order valence-corrected chi connectivity index (χ2v) is 5.84. The summed E-state index contributed by atoms with van der Waals surface area (Å²) in [4.78, 5) is 12.2. The Kier molecular flexibility index (Phi) is 5.36. The van der Waals surface area contributed by atoms with Crippen molar-refractivity contribution in [3.8, 4) is 23.0 Å². The highest BCUT2D eigenvalue weighted by Gasteiger charge is 2.16. The molecule has 1 atom stereocenters. The summed E-state index contributed by atoms with van der Waals surface area (Å²) >= 11 is 0. The van der Waals surface area contributed by atoms with Gasteiger partial charge in [0, 0.05) is 18.2 Å². The van der Waals surface area contributed by atoms with E-state index >= 15 is 0 Å². The lowest BCUT2D eigenvalue weighted by Gasteiger charge is -2.18. The molecule has 0 fully saturated rings. The summed E-state index contributed by atoms with van der Waals surface area (Å²) in [6.07, 6.45) is 0. The number of hydrogen-bond donors (Lipinski definition) is 2. The molecular formula is C19H22N2O5. The molecule has 2 aromatic rings. The molecule has 1 heterocycles. The zero-order chi connectivity index (χ0) is 18.5. The number of urea groups is 1. The van der Waals surface area contributed by atoms with Crippen LogP contribution < -0.4 is 29.6 Å². The molecule has 1 aliphatic heterocycles. The van der Waals surface area contributed by atoms with E-state index in [1.807, 2.05) is 37.3 Å². The topological polar surface area (TPSA) is 78.1 Å². The van der Waals surface area contributed by atoms with Gasteiger partial charge in [0.25, 0.3) is 0 Å². The molecule has 2 N–H and O–H groups in total. The van der Waals surface area contributed by atoms with Crippen LogP contribution in [0.2, 0.25) is 0 Å². The third kappa shape index (κ3) is 3.93. The number of ether oxygens (including phenoxy) is 4. The second-order valence-electron chi connectivity index (χ2n) is 5.84. The standard InChI is InChI=1S/C19H22N2O5/c1-12(15-6-5-14(23-2)9-17(15)24-3)21-19(22)20-10-13-4-7-16-18(8-13)26-11-25-16/h4-9,12H,10-11H2,1-3H3,(H2,20,21,22)/t12-/m1/s1. The maximum absolute atomic E-state index is 12.2. The monoisotopic (exact) mass is 358 g/mol. The van der Waals surface area contributed by atoms with E-state index in [1.165, 1.54) is 0 Å². The first kappa shape index (κ1) is 17.7. The van der Waals surface area contributed by atoms with Gasteiger partial charge in [-0.25, -0.2) is 4.79 Å². The molecular weight excluding hydrogens is 336 g/mol. The second kappa shape index (κ2) is 7.86. The third-order valence-corrected chi connectivity index (χ3v) is 4.14. The van der Waals surface area contributed by atoms with Gasteiger partial charge in [-0.05, 0) is 36.8 Å². The molecule has 26 heavy (non-hydrogen) atoms. The maximum Gasteiger partial charge on any atom is 0.315 e. The number of nitrogens with one attached hydrogen (secondary N) is 2. The Balaban J connectivity index is 1.57. The maximum atomic E-state index is 12.2. The van der Waals surface area contributed by atoms with Gasteiger partial charge in [0.05, 0.1) is 20.3 Å². The van der Waals surface area contributed by atoms with Crippen molar-refractivity contribution in [2.24, 2.45) is 0 Å². The molecule has 1 aliphatic rings. The number of fused-ring (bicyclic) bond motifs is 1. The van der Waals surface area contributed by atoms with Gasteiger partial charge in [0.2, 0.25) is 6.79 Å². The molecule has 0 spiro atoms. The van der Waals surface area contributed by atoms with Gasteiger partial charge in [-0.15, -0.1) is 0 Å². The van der Waals surface area contributed by atoms with E-state index in [0.717, 1.165) is 16.9 Å². The summed E-state index contributed by atoms with van der Waals surface area (Å²) in [6.45, 7) is 2.51. The zero-order valence-corrected chi connectivity index (χ0v) is 15.0. The fourth-order valence-corrected chi connectivity index (χ4v) is 2.73. The smallest absolute Gasteiger partial charge is 0.315 e. The van der Waals surface area contributed by atoms with Crippen molar-refractivity contribution < 1.29 is 23.7 Å². The van der Waals surface area contributed by atoms with Crippen LogP contribution in [0.5, 0.6) is 23.0 Å². The van der Waals surface area contributed by atoms with E-state index in [9.17, 15) is 4.79 Å². The number of hydrogen-bond acceptors (Lipinski definition) is 5. The van der Waals surface area contributed by atoms with Crippen molar-refractivity contribution in [3.05, 3.63) is 47.5 Å². The first-order valence-corrected chi connectivity index (χ1v) is 8.25. The van der Waals surface area contributed by atoms with E-state index < -0.39 is 0 Å². The Hall–Kier alpha value is -3.09. The molecule has 2 aromatic carbocycles. The number of methoxy groups -OCH3 is 2. The van der Waals surface area contributed by atoms with Crippen LogP contribution in [0.25, 0.3) is 0 Å². The minimum Gasteiger partial charge on any atom is -0.497 e. The van der Waals surface area contributed by atoms with Gasteiger partial charge in [-0.1, -0.05) is 6.07 Å². The van der Waals surface area contributed by atoms with Crippen molar-refractivity contribution >= 4 is 6.03 Å². The van der Waals surface area contributed by atoms with Gasteiger partial charge < -0.3 is 29.6 Å². The number of carbonyl (C=O) groups excluding carboxylic acids is 1. The zero-order valence-electron chi connectivity index (χ0n) is 15.0. The average molecular weight is 358 g/mol. The average Bonchev–Trinajstić information content (AvgIpc) is 3.13. The van der Waals surface area contributed by atoms with E-state index in [1.54, 1.807) is 20.3 Å². The first-order chi connectivity index (χ1) is 12.6. The van der Waals surface area contributed by atoms with Crippen LogP contribution in [0.1, 0.15) is 24.1 Å². The largest absolute Gasteiger partial charge is 0.497 e. The van der Waals surface area contributed by atoms with Crippen LogP contribution >= 0.6 is 0 Å². The SMILES string of the molecule is COc1ccc([C@@H](C)NC(=O)NCc2ccc3c(c2)OCO3)c(OC)c1. The van der Waals surface area contributed by atoms with Crippen LogP contribution in [-0.2, 0) is 6.54 Å². The van der Waals surface area contributed by atoms with E-state index in [2.05, 4.69) is 10.6 Å². The normalized spacial score (nSPS) is 13.0. The van der Waals surface area contributed by atoms with E-state index in [0.29, 0.717) is 23.8 Å². The quantitative estimate of drug-likeness (QED) is 0.830. The fourth-order valence-electron chi connectivity index (χ4n) is 2.73. The molecule has 7 heteroatoms. The summed E-state index contributed by atoms with van der Waals surface area (Å²) in [5.74, 6) is 2.78. The highest BCUT2D eigenvalue weighted by atomic mass is 16.7. The van der Waals surface area contributed by atoms with Crippen LogP contribution in [0.3, 0.4) is 0 Å². The van der Waals surface area contributed by atoms with Gasteiger partial charge >= 0.3 is 6.03 Å². The summed E-state index contributed by atoms with van der Waals surface area (Å²) in [7, 11) is 3.18. The Morgan fingerprint density at radius 2 is 1.92 bits per heavy atom. The lowest BCUT2D eigenvalue weighted by Crippen LogP contribution is -2.36. The highest BCUT2D eigenvalue weighted by molar-refractivity contribution is 5.74. The predicted molar refractivity (Wildman–Crippen MR) is 95.9 cm³/mol. The lowest BCUT2D eigenvalue weighted by molar-refractivity contribution is 0.174. The van der Waals surface area contributed by atoms with Gasteiger partial charge in [-0.2, -0.15) is 0 Å². The predicted octanol–water partition coefficient (Wildman–Crippen LogP) is 2.99. The molecule has 7 nitrogen and oxygen atoms in total. The Bertz CT molecular complexity index is 793. The minimum atomic E-state index is -0.270. The van der Waals surface area contributed by atoms with Crippen molar-refractivity contribution in [1.29, 1.82) is 0 Å². The summed E-state index contributed by atoms with van der Waals surface area (Å²) in [5.41, 5.74) is 1.80. The molecule has 2 amide bonds. The summed E-state index contributed by atoms with van der Waals surface area (Å²) < 4.78 is 21.2. The highest BCUT2D eigenvalue weighted by Crippen LogP contribution is 2.32. The summed E-state index contributed by atoms with van der Waals surface area (Å²) in [6, 6.07) is 10.6. The van der Waals surface area contributed by atoms with Crippen LogP contribution in [-0.4, -0.2) is 27.0 Å². The van der Waals surface area contributed by atoms with Crippen molar-refractivity contribution in [2.75, 3.05) is 21.0 Å². The molecule has 0 radical (unpaired) electrons. The van der Waals surface area contributed by atoms with Crippen molar-refractivity contribution in [3.63, 3.8) is 0 Å². The number of benzene rings is 2. The molecule has 3 rings (SSSR count). The number of carbonyl (C=O) groups is 1. The first-order valence-electron chi connectivity index (χ1n) is 8.25. The van der Waals surface area contributed by atoms with E-state index in [4.69, 9.17) is 18.9 Å². The van der Waals surface area contributed by atoms with E-state index in [-0.39, 0.29) is 18.9 Å². The van der Waals surface area contributed by atoms with Gasteiger partial charge in [0.15, 0.2) is 11.5 Å². The lowest BCUT2D eigenvalue weighted by atomic mass is 10.1. The fraction of sp³-hybridized carbons (Fsp3) is 0.316. The Morgan fingerprint density at radius 1 is 1.12 bits per heavy atom. The number of amides is 2. The molecule has 0 bridgehead atoms. The Morgan fingerprint density at radius 3 is 2.69 bits per heavy atom. The molecule has 0 unspecified atom stereocenters. The van der Waals surface area contributed by atoms with Crippen LogP contribution in [0, 0.1) is 0 Å². The number of rotatable bonds is 6. The van der Waals surface area contributed by atoms with Crippen molar-refractivity contribution in [2.45, 2.75) is 19.5 Å². The molecule has 0 aromatic heterocycles. The molecule has 138 valence electrons. The van der Waals surface area contributed by atoms with Crippen LogP contribution in [0.15, 0.2) is 36.4 Å². The molecule has 0 saturated carbocycles. The molecule has 0 aliphatic carbocycles. The Labute approximate surface area is 152 Å². The van der Waals surface area contributed by atoms with Crippen LogP contribution in [0.4, 0.5) is 4.79 Å². The van der Waals surface area contributed by atoms with Crippen molar-refractivity contribution in [1.82, 2.24) is 10.6 Å². The van der Waals surface area contributed by atoms with Gasteiger partial charge in [0.1, 0.15) is 11.5 Å². The summed E-state index contributed by atoms with van der Waals surface area (Å²) in [5, 5.41) is 5.74. The molecule has 0 saturated heterocycles. The van der Waals surface area contributed by atoms with Gasteiger partial charge in [-0.3, -0.25) is 0 Å².